The highest BCUT2D eigenvalue weighted by molar-refractivity contribution is 7.32. The van der Waals surface area contributed by atoms with Gasteiger partial charge in [0.05, 0.1) is 15.1 Å². The standard InChI is InChI=1S/C16H11NS2/c1-10-4-2-3-5-11(10)14-16-12(6-8-17-14)15-13(19-16)7-9-18-15/h2-9H,1H3. The van der Waals surface area contributed by atoms with Crippen molar-refractivity contribution in [3.63, 3.8) is 0 Å². The number of rotatable bonds is 1. The van der Waals surface area contributed by atoms with Gasteiger partial charge >= 0.3 is 0 Å². The zero-order valence-corrected chi connectivity index (χ0v) is 12.0. The van der Waals surface area contributed by atoms with Crippen LogP contribution in [0.1, 0.15) is 5.56 Å². The van der Waals surface area contributed by atoms with Gasteiger partial charge in [-0.15, -0.1) is 22.7 Å². The fourth-order valence-electron chi connectivity index (χ4n) is 2.44. The van der Waals surface area contributed by atoms with Gasteiger partial charge in [-0.3, -0.25) is 4.98 Å². The Labute approximate surface area is 119 Å². The van der Waals surface area contributed by atoms with E-state index in [-0.39, 0.29) is 0 Å². The molecule has 0 aliphatic heterocycles. The number of pyridine rings is 1. The third kappa shape index (κ3) is 1.62. The zero-order valence-electron chi connectivity index (χ0n) is 10.4. The summed E-state index contributed by atoms with van der Waals surface area (Å²) in [5, 5.41) is 3.50. The first-order valence-corrected chi connectivity index (χ1v) is 7.85. The molecule has 1 aromatic carbocycles. The predicted octanol–water partition coefficient (Wildman–Crippen LogP) is 5.49. The molecule has 0 amide bonds. The number of hydrogen-bond donors (Lipinski definition) is 0. The number of benzene rings is 1. The van der Waals surface area contributed by atoms with Crippen LogP contribution in [-0.4, -0.2) is 4.98 Å². The number of thiophene rings is 2. The van der Waals surface area contributed by atoms with Crippen LogP contribution in [0.15, 0.2) is 48.0 Å². The Hall–Kier alpha value is -1.71. The summed E-state index contributed by atoms with van der Waals surface area (Å²) in [6.45, 7) is 2.14. The molecule has 0 aliphatic carbocycles. The maximum absolute atomic E-state index is 4.63. The lowest BCUT2D eigenvalue weighted by Crippen LogP contribution is -1.86. The first-order valence-electron chi connectivity index (χ1n) is 6.15. The average molecular weight is 281 g/mol. The molecule has 0 fully saturated rings. The van der Waals surface area contributed by atoms with Crippen LogP contribution < -0.4 is 0 Å². The van der Waals surface area contributed by atoms with Crippen molar-refractivity contribution in [3.05, 3.63) is 53.5 Å². The molecule has 0 aliphatic rings. The Morgan fingerprint density at radius 1 is 1.00 bits per heavy atom. The minimum Gasteiger partial charge on any atom is -0.255 e. The summed E-state index contributed by atoms with van der Waals surface area (Å²) < 4.78 is 4.05. The summed E-state index contributed by atoms with van der Waals surface area (Å²) in [5.41, 5.74) is 3.63. The van der Waals surface area contributed by atoms with Crippen molar-refractivity contribution in [3.8, 4) is 11.3 Å². The normalized spacial score (nSPS) is 11.4. The lowest BCUT2D eigenvalue weighted by atomic mass is 10.0. The van der Waals surface area contributed by atoms with Gasteiger partial charge in [0.1, 0.15) is 0 Å². The second-order valence-corrected chi connectivity index (χ2v) is 6.54. The van der Waals surface area contributed by atoms with Crippen LogP contribution in [0, 0.1) is 6.92 Å². The third-order valence-electron chi connectivity index (χ3n) is 3.39. The number of fused-ring (bicyclic) bond motifs is 3. The molecule has 0 saturated heterocycles. The molecule has 0 saturated carbocycles. The van der Waals surface area contributed by atoms with Gasteiger partial charge in [-0.25, -0.2) is 0 Å². The van der Waals surface area contributed by atoms with E-state index in [1.807, 2.05) is 28.9 Å². The highest BCUT2D eigenvalue weighted by Gasteiger charge is 2.13. The molecule has 1 nitrogen and oxygen atoms in total. The first kappa shape index (κ1) is 11.1. The minimum absolute atomic E-state index is 1.11. The lowest BCUT2D eigenvalue weighted by Gasteiger charge is -2.05. The van der Waals surface area contributed by atoms with Crippen LogP contribution in [0.2, 0.25) is 0 Å². The molecule has 0 spiro atoms. The van der Waals surface area contributed by atoms with Crippen LogP contribution in [0.4, 0.5) is 0 Å². The first-order chi connectivity index (χ1) is 9.34. The van der Waals surface area contributed by atoms with Crippen molar-refractivity contribution < 1.29 is 0 Å². The smallest absolute Gasteiger partial charge is 0.0883 e. The molecule has 3 heteroatoms. The number of aromatic nitrogens is 1. The number of nitrogens with zero attached hydrogens (tertiary/aromatic N) is 1. The summed E-state index contributed by atoms with van der Waals surface area (Å²) in [4.78, 5) is 4.63. The summed E-state index contributed by atoms with van der Waals surface area (Å²) in [5.74, 6) is 0. The number of aryl methyl sites for hydroxylation is 1. The fourth-order valence-corrected chi connectivity index (χ4v) is 4.78. The molecular formula is C16H11NS2. The van der Waals surface area contributed by atoms with Crippen LogP contribution in [0.5, 0.6) is 0 Å². The van der Waals surface area contributed by atoms with E-state index in [0.29, 0.717) is 0 Å². The van der Waals surface area contributed by atoms with Gasteiger partial charge in [0.2, 0.25) is 0 Å². The van der Waals surface area contributed by atoms with E-state index in [0.717, 1.165) is 5.69 Å². The van der Waals surface area contributed by atoms with Crippen molar-refractivity contribution in [2.75, 3.05) is 0 Å². The van der Waals surface area contributed by atoms with Crippen molar-refractivity contribution in [1.29, 1.82) is 0 Å². The van der Waals surface area contributed by atoms with E-state index in [9.17, 15) is 0 Å². The van der Waals surface area contributed by atoms with Gasteiger partial charge in [-0.05, 0) is 30.0 Å². The molecule has 0 bridgehead atoms. The summed E-state index contributed by atoms with van der Waals surface area (Å²) in [7, 11) is 0. The molecule has 4 aromatic rings. The maximum atomic E-state index is 4.63. The monoisotopic (exact) mass is 281 g/mol. The summed E-state index contributed by atoms with van der Waals surface area (Å²) >= 11 is 3.66. The molecule has 0 N–H and O–H groups in total. The molecule has 3 heterocycles. The molecule has 19 heavy (non-hydrogen) atoms. The van der Waals surface area contributed by atoms with Crippen molar-refractivity contribution in [2.45, 2.75) is 6.92 Å². The highest BCUT2D eigenvalue weighted by atomic mass is 32.1. The van der Waals surface area contributed by atoms with E-state index in [4.69, 9.17) is 0 Å². The van der Waals surface area contributed by atoms with Crippen molar-refractivity contribution in [1.82, 2.24) is 4.98 Å². The highest BCUT2D eigenvalue weighted by Crippen LogP contribution is 2.41. The minimum atomic E-state index is 1.11. The quantitative estimate of drug-likeness (QED) is 0.450. The topological polar surface area (TPSA) is 12.9 Å². The second kappa shape index (κ2) is 4.15. The van der Waals surface area contributed by atoms with Gasteiger partial charge in [-0.2, -0.15) is 0 Å². The van der Waals surface area contributed by atoms with Gasteiger partial charge in [0.25, 0.3) is 0 Å². The lowest BCUT2D eigenvalue weighted by molar-refractivity contribution is 1.34. The Kier molecular flexibility index (Phi) is 2.43. The van der Waals surface area contributed by atoms with E-state index < -0.39 is 0 Å². The summed E-state index contributed by atoms with van der Waals surface area (Å²) in [6.07, 6.45) is 1.93. The van der Waals surface area contributed by atoms with E-state index in [2.05, 4.69) is 53.7 Å². The maximum Gasteiger partial charge on any atom is 0.0883 e. The fraction of sp³-hybridized carbons (Fsp3) is 0.0625. The number of hydrogen-bond acceptors (Lipinski definition) is 3. The Morgan fingerprint density at radius 3 is 2.79 bits per heavy atom. The van der Waals surface area contributed by atoms with Crippen LogP contribution >= 0.6 is 22.7 Å². The van der Waals surface area contributed by atoms with E-state index in [1.165, 1.54) is 30.6 Å². The molecule has 0 unspecified atom stereocenters. The third-order valence-corrected chi connectivity index (χ3v) is 5.64. The average Bonchev–Trinajstić information content (AvgIpc) is 2.99. The van der Waals surface area contributed by atoms with Gasteiger partial charge < -0.3 is 0 Å². The van der Waals surface area contributed by atoms with Crippen LogP contribution in [0.3, 0.4) is 0 Å². The van der Waals surface area contributed by atoms with E-state index in [1.54, 1.807) is 0 Å². The molecule has 3 aromatic heterocycles. The largest absolute Gasteiger partial charge is 0.255 e. The predicted molar refractivity (Wildman–Crippen MR) is 85.2 cm³/mol. The van der Waals surface area contributed by atoms with Crippen molar-refractivity contribution >= 4 is 42.2 Å². The Balaban J connectivity index is 2.12. The van der Waals surface area contributed by atoms with Crippen molar-refractivity contribution in [2.24, 2.45) is 0 Å². The molecular weight excluding hydrogens is 270 g/mol. The zero-order chi connectivity index (χ0) is 12.8. The molecule has 92 valence electrons. The van der Waals surface area contributed by atoms with Gasteiger partial charge in [0, 0.05) is 21.8 Å². The van der Waals surface area contributed by atoms with E-state index >= 15 is 0 Å². The molecule has 4 rings (SSSR count). The molecule has 0 radical (unpaired) electrons. The Bertz CT molecular complexity index is 886. The van der Waals surface area contributed by atoms with Crippen LogP contribution in [0.25, 0.3) is 30.7 Å². The SMILES string of the molecule is Cc1ccccc1-c1nccc2c1sc1ccsc12. The van der Waals surface area contributed by atoms with Gasteiger partial charge in [0.15, 0.2) is 0 Å². The van der Waals surface area contributed by atoms with Crippen LogP contribution in [-0.2, 0) is 0 Å². The second-order valence-electron chi connectivity index (χ2n) is 4.57. The summed E-state index contributed by atoms with van der Waals surface area (Å²) in [6, 6.07) is 12.8. The van der Waals surface area contributed by atoms with Gasteiger partial charge in [-0.1, -0.05) is 24.3 Å². The Morgan fingerprint density at radius 2 is 1.89 bits per heavy atom. The molecule has 0 atom stereocenters.